The van der Waals surface area contributed by atoms with E-state index < -0.39 is 0 Å². The topological polar surface area (TPSA) is 41.7 Å². The number of nitrogen functional groups attached to an aromatic ring is 1. The van der Waals surface area contributed by atoms with Crippen LogP contribution in [0.25, 0.3) is 0 Å². The first-order valence-electron chi connectivity index (χ1n) is 6.42. The molecule has 18 heavy (non-hydrogen) atoms. The van der Waals surface area contributed by atoms with Gasteiger partial charge in [-0.3, -0.25) is 0 Å². The van der Waals surface area contributed by atoms with Crippen molar-refractivity contribution in [3.63, 3.8) is 0 Å². The van der Waals surface area contributed by atoms with Crippen molar-refractivity contribution in [1.82, 2.24) is 4.90 Å². The minimum absolute atomic E-state index is 0.726. The van der Waals surface area contributed by atoms with Crippen LogP contribution >= 0.6 is 0 Å². The van der Waals surface area contributed by atoms with Crippen LogP contribution in [0.4, 0.5) is 11.4 Å². The van der Waals surface area contributed by atoms with Crippen molar-refractivity contribution in [1.29, 1.82) is 0 Å². The molecule has 0 spiro atoms. The van der Waals surface area contributed by atoms with Crippen molar-refractivity contribution in [3.8, 4) is 5.75 Å². The van der Waals surface area contributed by atoms with E-state index >= 15 is 0 Å². The molecule has 0 heterocycles. The summed E-state index contributed by atoms with van der Waals surface area (Å²) in [4.78, 5) is 4.35. The van der Waals surface area contributed by atoms with Crippen LogP contribution in [0.1, 0.15) is 13.3 Å². The third-order valence-corrected chi connectivity index (χ3v) is 2.71. The van der Waals surface area contributed by atoms with Gasteiger partial charge in [0.15, 0.2) is 0 Å². The molecule has 2 N–H and O–H groups in total. The lowest BCUT2D eigenvalue weighted by Crippen LogP contribution is -2.28. The van der Waals surface area contributed by atoms with Crippen molar-refractivity contribution in [2.24, 2.45) is 0 Å². The van der Waals surface area contributed by atoms with Crippen LogP contribution in [-0.2, 0) is 0 Å². The van der Waals surface area contributed by atoms with Gasteiger partial charge in [0.25, 0.3) is 0 Å². The summed E-state index contributed by atoms with van der Waals surface area (Å²) in [5.74, 6) is 0.851. The van der Waals surface area contributed by atoms with Crippen molar-refractivity contribution >= 4 is 11.4 Å². The maximum Gasteiger partial charge on any atom is 0.123 e. The summed E-state index contributed by atoms with van der Waals surface area (Å²) in [6, 6.07) is 5.90. The molecule has 0 amide bonds. The van der Waals surface area contributed by atoms with Crippen LogP contribution in [0.5, 0.6) is 5.75 Å². The molecule has 0 aromatic heterocycles. The zero-order valence-corrected chi connectivity index (χ0v) is 11.9. The van der Waals surface area contributed by atoms with Gasteiger partial charge in [0.1, 0.15) is 5.75 Å². The second kappa shape index (κ2) is 7.11. The number of nitrogens with zero attached hydrogens (tertiary/aromatic N) is 2. The first-order valence-corrected chi connectivity index (χ1v) is 6.42. The summed E-state index contributed by atoms with van der Waals surface area (Å²) in [6.45, 7) is 4.79. The summed E-state index contributed by atoms with van der Waals surface area (Å²) in [6.07, 6.45) is 1.00. The average Bonchev–Trinajstić information content (AvgIpc) is 2.32. The van der Waals surface area contributed by atoms with E-state index in [2.05, 4.69) is 37.9 Å². The third kappa shape index (κ3) is 4.84. The minimum Gasteiger partial charge on any atom is -0.493 e. The summed E-state index contributed by atoms with van der Waals surface area (Å²) in [5, 5.41) is 0. The quantitative estimate of drug-likeness (QED) is 0.753. The van der Waals surface area contributed by atoms with Crippen LogP contribution in [0.2, 0.25) is 0 Å². The molecular formula is C14H25N3O. The molecule has 0 saturated heterocycles. The minimum atomic E-state index is 0.726. The van der Waals surface area contributed by atoms with Crippen LogP contribution in [-0.4, -0.2) is 45.7 Å². The molecule has 4 nitrogen and oxygen atoms in total. The molecule has 1 rings (SSSR count). The average molecular weight is 251 g/mol. The highest BCUT2D eigenvalue weighted by molar-refractivity contribution is 5.60. The molecule has 0 atom stereocenters. The number of hydrogen-bond donors (Lipinski definition) is 1. The first-order chi connectivity index (χ1) is 8.52. The lowest BCUT2D eigenvalue weighted by atomic mass is 10.2. The molecule has 102 valence electrons. The zero-order valence-electron chi connectivity index (χ0n) is 11.9. The fourth-order valence-corrected chi connectivity index (χ4v) is 1.61. The van der Waals surface area contributed by atoms with E-state index in [9.17, 15) is 0 Å². The van der Waals surface area contributed by atoms with E-state index in [-0.39, 0.29) is 0 Å². The second-order valence-electron chi connectivity index (χ2n) is 4.83. The number of rotatable bonds is 7. The molecule has 0 aliphatic carbocycles. The number of likely N-dealkylation sites (N-methyl/N-ethyl adjacent to an activating group) is 2. The Labute approximate surface area is 110 Å². The maximum atomic E-state index is 5.91. The molecule has 0 fully saturated rings. The Morgan fingerprint density at radius 1 is 1.11 bits per heavy atom. The lowest BCUT2D eigenvalue weighted by Gasteiger charge is -2.22. The van der Waals surface area contributed by atoms with Crippen LogP contribution in [0, 0.1) is 0 Å². The van der Waals surface area contributed by atoms with Gasteiger partial charge in [-0.15, -0.1) is 0 Å². The maximum absolute atomic E-state index is 5.91. The molecule has 1 aromatic carbocycles. The second-order valence-corrected chi connectivity index (χ2v) is 4.83. The summed E-state index contributed by atoms with van der Waals surface area (Å²) < 4.78 is 5.64. The Bertz CT molecular complexity index is 366. The molecule has 0 unspecified atom stereocenters. The fraction of sp³-hybridized carbons (Fsp3) is 0.571. The van der Waals surface area contributed by atoms with Gasteiger partial charge < -0.3 is 20.3 Å². The van der Waals surface area contributed by atoms with E-state index in [0.29, 0.717) is 0 Å². The highest BCUT2D eigenvalue weighted by Gasteiger charge is 2.05. The van der Waals surface area contributed by atoms with Gasteiger partial charge in [-0.2, -0.15) is 0 Å². The molecule has 0 aliphatic rings. The third-order valence-electron chi connectivity index (χ3n) is 2.71. The molecule has 0 saturated carbocycles. The van der Waals surface area contributed by atoms with Gasteiger partial charge in [-0.05, 0) is 26.6 Å². The summed E-state index contributed by atoms with van der Waals surface area (Å²) in [5.41, 5.74) is 7.75. The lowest BCUT2D eigenvalue weighted by molar-refractivity contribution is 0.317. The number of benzene rings is 1. The Morgan fingerprint density at radius 2 is 1.83 bits per heavy atom. The van der Waals surface area contributed by atoms with Crippen LogP contribution in [0.3, 0.4) is 0 Å². The largest absolute Gasteiger partial charge is 0.493 e. The molecular weight excluding hydrogens is 226 g/mol. The van der Waals surface area contributed by atoms with Gasteiger partial charge in [-0.1, -0.05) is 6.92 Å². The normalized spacial score (nSPS) is 10.7. The van der Waals surface area contributed by atoms with Crippen LogP contribution < -0.4 is 15.4 Å². The summed E-state index contributed by atoms with van der Waals surface area (Å²) in [7, 11) is 6.22. The van der Waals surface area contributed by atoms with E-state index in [1.54, 1.807) is 0 Å². The van der Waals surface area contributed by atoms with Crippen molar-refractivity contribution in [2.75, 3.05) is 51.5 Å². The molecule has 4 heteroatoms. The van der Waals surface area contributed by atoms with Gasteiger partial charge in [0.05, 0.1) is 6.61 Å². The molecule has 1 aromatic rings. The van der Waals surface area contributed by atoms with Gasteiger partial charge in [-0.25, -0.2) is 0 Å². The van der Waals surface area contributed by atoms with E-state index in [1.165, 1.54) is 0 Å². The Hall–Kier alpha value is -1.42. The highest BCUT2D eigenvalue weighted by atomic mass is 16.5. The predicted octanol–water partition coefficient (Wildman–Crippen LogP) is 2.06. The van der Waals surface area contributed by atoms with Crippen molar-refractivity contribution in [2.45, 2.75) is 13.3 Å². The fourth-order valence-electron chi connectivity index (χ4n) is 1.61. The molecule has 0 aliphatic heterocycles. The van der Waals surface area contributed by atoms with Gasteiger partial charge >= 0.3 is 0 Å². The standard InChI is InChI=1S/C14H25N3O/c1-5-8-18-14-10-12(15)9-13(11-14)17(4)7-6-16(2)3/h9-11H,5-8,15H2,1-4H3. The number of anilines is 2. The van der Waals surface area contributed by atoms with E-state index in [0.717, 1.165) is 43.2 Å². The number of nitrogens with two attached hydrogens (primary N) is 1. The summed E-state index contributed by atoms with van der Waals surface area (Å²) >= 11 is 0. The first kappa shape index (κ1) is 14.6. The highest BCUT2D eigenvalue weighted by Crippen LogP contribution is 2.25. The van der Waals surface area contributed by atoms with Gasteiger partial charge in [0.2, 0.25) is 0 Å². The Morgan fingerprint density at radius 3 is 2.44 bits per heavy atom. The Balaban J connectivity index is 2.71. The zero-order chi connectivity index (χ0) is 13.5. The van der Waals surface area contributed by atoms with Crippen molar-refractivity contribution < 1.29 is 4.74 Å². The van der Waals surface area contributed by atoms with Gasteiger partial charge in [0, 0.05) is 43.6 Å². The monoisotopic (exact) mass is 251 g/mol. The molecule has 0 radical (unpaired) electrons. The number of hydrogen-bond acceptors (Lipinski definition) is 4. The molecule has 0 bridgehead atoms. The van der Waals surface area contributed by atoms with E-state index in [4.69, 9.17) is 10.5 Å². The van der Waals surface area contributed by atoms with Crippen LogP contribution in [0.15, 0.2) is 18.2 Å². The van der Waals surface area contributed by atoms with Crippen molar-refractivity contribution in [3.05, 3.63) is 18.2 Å². The number of ether oxygens (including phenoxy) is 1. The predicted molar refractivity (Wildman–Crippen MR) is 78.5 cm³/mol. The van der Waals surface area contributed by atoms with E-state index in [1.807, 2.05) is 18.2 Å². The Kier molecular flexibility index (Phi) is 5.78. The SMILES string of the molecule is CCCOc1cc(N)cc(N(C)CCN(C)C)c1. The smallest absolute Gasteiger partial charge is 0.123 e.